The number of carbonyl (C=O) groups is 1. The standard InChI is InChI=1S/C14H15ClN2O3S2/c1-3-12-9(2)8-13(21-12)14(18)16-17-22(19,20)11-6-4-10(15)5-7-11/h4-8,17H,3H2,1-2H3,(H,16,18). The van der Waals surface area contributed by atoms with E-state index in [4.69, 9.17) is 11.6 Å². The molecule has 1 amide bonds. The Labute approximate surface area is 138 Å². The molecule has 118 valence electrons. The molecule has 2 N–H and O–H groups in total. The van der Waals surface area contributed by atoms with Gasteiger partial charge in [0.15, 0.2) is 0 Å². The van der Waals surface area contributed by atoms with Gasteiger partial charge in [-0.1, -0.05) is 18.5 Å². The Bertz CT molecular complexity index is 783. The average Bonchev–Trinajstić information content (AvgIpc) is 2.86. The largest absolute Gasteiger partial charge is 0.276 e. The van der Waals surface area contributed by atoms with Gasteiger partial charge in [-0.2, -0.15) is 0 Å². The van der Waals surface area contributed by atoms with E-state index in [-0.39, 0.29) is 4.90 Å². The topological polar surface area (TPSA) is 75.3 Å². The van der Waals surface area contributed by atoms with Crippen molar-refractivity contribution < 1.29 is 13.2 Å². The van der Waals surface area contributed by atoms with Gasteiger partial charge >= 0.3 is 0 Å². The van der Waals surface area contributed by atoms with Crippen LogP contribution in [-0.2, 0) is 16.4 Å². The van der Waals surface area contributed by atoms with Crippen LogP contribution in [0.5, 0.6) is 0 Å². The zero-order valence-corrected chi connectivity index (χ0v) is 14.4. The predicted octanol–water partition coefficient (Wildman–Crippen LogP) is 2.90. The van der Waals surface area contributed by atoms with Crippen LogP contribution in [0.25, 0.3) is 0 Å². The Hall–Kier alpha value is -1.41. The monoisotopic (exact) mass is 358 g/mol. The molecule has 5 nitrogen and oxygen atoms in total. The fraction of sp³-hybridized carbons (Fsp3) is 0.214. The number of rotatable bonds is 5. The molecular weight excluding hydrogens is 344 g/mol. The first-order valence-corrected chi connectivity index (χ1v) is 9.18. The van der Waals surface area contributed by atoms with Crippen LogP contribution in [0.15, 0.2) is 35.2 Å². The van der Waals surface area contributed by atoms with Crippen LogP contribution >= 0.6 is 22.9 Å². The lowest BCUT2D eigenvalue weighted by Gasteiger charge is -2.07. The number of carbonyl (C=O) groups excluding carboxylic acids is 1. The van der Waals surface area contributed by atoms with E-state index >= 15 is 0 Å². The fourth-order valence-corrected chi connectivity index (χ4v) is 3.80. The maximum atomic E-state index is 12.0. The molecule has 0 aliphatic rings. The van der Waals surface area contributed by atoms with Crippen molar-refractivity contribution in [2.75, 3.05) is 0 Å². The van der Waals surface area contributed by atoms with E-state index in [9.17, 15) is 13.2 Å². The number of hydrogen-bond acceptors (Lipinski definition) is 4. The van der Waals surface area contributed by atoms with Gasteiger partial charge in [-0.05, 0) is 49.2 Å². The molecule has 0 saturated heterocycles. The van der Waals surface area contributed by atoms with Gasteiger partial charge in [-0.3, -0.25) is 10.2 Å². The summed E-state index contributed by atoms with van der Waals surface area (Å²) in [5.41, 5.74) is 3.24. The first kappa shape index (κ1) is 17.0. The van der Waals surface area contributed by atoms with Gasteiger partial charge < -0.3 is 0 Å². The highest BCUT2D eigenvalue weighted by atomic mass is 35.5. The van der Waals surface area contributed by atoms with E-state index in [0.717, 1.165) is 16.9 Å². The second kappa shape index (κ2) is 6.78. The van der Waals surface area contributed by atoms with Crippen LogP contribution in [0.1, 0.15) is 27.0 Å². The summed E-state index contributed by atoms with van der Waals surface area (Å²) < 4.78 is 24.1. The van der Waals surface area contributed by atoms with Crippen molar-refractivity contribution in [2.45, 2.75) is 25.2 Å². The zero-order valence-electron chi connectivity index (χ0n) is 12.0. The maximum Gasteiger partial charge on any atom is 0.276 e. The van der Waals surface area contributed by atoms with Crippen molar-refractivity contribution in [1.82, 2.24) is 10.3 Å². The molecule has 1 aromatic heterocycles. The number of benzene rings is 1. The van der Waals surface area contributed by atoms with Gasteiger partial charge in [0.05, 0.1) is 9.77 Å². The number of hydrogen-bond donors (Lipinski definition) is 2. The number of nitrogens with one attached hydrogen (secondary N) is 2. The van der Waals surface area contributed by atoms with E-state index in [1.165, 1.54) is 35.6 Å². The molecule has 0 atom stereocenters. The molecule has 8 heteroatoms. The van der Waals surface area contributed by atoms with Crippen LogP contribution in [0.4, 0.5) is 0 Å². The Morgan fingerprint density at radius 1 is 1.27 bits per heavy atom. The van der Waals surface area contributed by atoms with Crippen LogP contribution < -0.4 is 10.3 Å². The van der Waals surface area contributed by atoms with Gasteiger partial charge in [0, 0.05) is 9.90 Å². The SMILES string of the molecule is CCc1sc(C(=O)NNS(=O)(=O)c2ccc(Cl)cc2)cc1C. The summed E-state index contributed by atoms with van der Waals surface area (Å²) in [6, 6.07) is 7.40. The summed E-state index contributed by atoms with van der Waals surface area (Å²) in [4.78, 5) is 15.7. The van der Waals surface area contributed by atoms with Gasteiger partial charge in [-0.15, -0.1) is 16.2 Å². The summed E-state index contributed by atoms with van der Waals surface area (Å²) in [5.74, 6) is -0.481. The summed E-state index contributed by atoms with van der Waals surface area (Å²) in [6.45, 7) is 3.92. The molecule has 2 aromatic rings. The normalized spacial score (nSPS) is 11.4. The first-order valence-electron chi connectivity index (χ1n) is 6.50. The number of halogens is 1. The van der Waals surface area contributed by atoms with Gasteiger partial charge in [0.25, 0.3) is 15.9 Å². The maximum absolute atomic E-state index is 12.0. The lowest BCUT2D eigenvalue weighted by atomic mass is 10.2. The minimum absolute atomic E-state index is 0.0220. The highest BCUT2D eigenvalue weighted by molar-refractivity contribution is 7.89. The fourth-order valence-electron chi connectivity index (χ4n) is 1.83. The molecule has 0 bridgehead atoms. The minimum Gasteiger partial charge on any atom is -0.273 e. The Morgan fingerprint density at radius 2 is 1.91 bits per heavy atom. The van der Waals surface area contributed by atoms with Crippen LogP contribution in [0.2, 0.25) is 5.02 Å². The number of hydrazine groups is 1. The van der Waals surface area contributed by atoms with E-state index in [1.807, 2.05) is 13.8 Å². The molecule has 0 aliphatic carbocycles. The number of aryl methyl sites for hydroxylation is 2. The lowest BCUT2D eigenvalue weighted by Crippen LogP contribution is -2.41. The number of amides is 1. The number of sulfonamides is 1. The van der Waals surface area contributed by atoms with Crippen molar-refractivity contribution in [2.24, 2.45) is 0 Å². The predicted molar refractivity (Wildman–Crippen MR) is 87.7 cm³/mol. The molecule has 2 rings (SSSR count). The molecule has 0 radical (unpaired) electrons. The van der Waals surface area contributed by atoms with Crippen molar-refractivity contribution in [3.05, 3.63) is 50.7 Å². The minimum atomic E-state index is -3.82. The third-order valence-corrected chi connectivity index (χ3v) is 5.88. The van der Waals surface area contributed by atoms with E-state index < -0.39 is 15.9 Å². The van der Waals surface area contributed by atoms with Gasteiger partial charge in [0.2, 0.25) is 0 Å². The molecule has 0 unspecified atom stereocenters. The zero-order chi connectivity index (χ0) is 16.3. The Balaban J connectivity index is 2.08. The molecular formula is C14H15ClN2O3S2. The quantitative estimate of drug-likeness (QED) is 0.807. The molecule has 0 spiro atoms. The molecule has 22 heavy (non-hydrogen) atoms. The van der Waals surface area contributed by atoms with Crippen molar-refractivity contribution in [3.63, 3.8) is 0 Å². The Morgan fingerprint density at radius 3 is 2.45 bits per heavy atom. The summed E-state index contributed by atoms with van der Waals surface area (Å²) in [5, 5.41) is 0.434. The van der Waals surface area contributed by atoms with E-state index in [1.54, 1.807) is 6.07 Å². The third kappa shape index (κ3) is 3.86. The lowest BCUT2D eigenvalue weighted by molar-refractivity contribution is 0.0949. The van der Waals surface area contributed by atoms with Crippen LogP contribution in [0.3, 0.4) is 0 Å². The van der Waals surface area contributed by atoms with E-state index in [2.05, 4.69) is 10.3 Å². The average molecular weight is 359 g/mol. The highest BCUT2D eigenvalue weighted by Gasteiger charge is 2.17. The second-order valence-electron chi connectivity index (χ2n) is 4.58. The summed E-state index contributed by atoms with van der Waals surface area (Å²) >= 11 is 7.07. The molecule has 0 saturated carbocycles. The second-order valence-corrected chi connectivity index (χ2v) is 7.84. The van der Waals surface area contributed by atoms with Crippen molar-refractivity contribution >= 4 is 38.9 Å². The Kier molecular flexibility index (Phi) is 5.23. The van der Waals surface area contributed by atoms with Gasteiger partial charge in [-0.25, -0.2) is 8.42 Å². The first-order chi connectivity index (χ1) is 10.3. The van der Waals surface area contributed by atoms with Gasteiger partial charge in [0.1, 0.15) is 0 Å². The third-order valence-electron chi connectivity index (χ3n) is 2.99. The number of thiophene rings is 1. The van der Waals surface area contributed by atoms with E-state index in [0.29, 0.717) is 9.90 Å². The summed E-state index contributed by atoms with van der Waals surface area (Å²) in [6.07, 6.45) is 0.834. The smallest absolute Gasteiger partial charge is 0.273 e. The van der Waals surface area contributed by atoms with Crippen LogP contribution in [0, 0.1) is 6.92 Å². The molecule has 0 fully saturated rings. The highest BCUT2D eigenvalue weighted by Crippen LogP contribution is 2.22. The summed E-state index contributed by atoms with van der Waals surface area (Å²) in [7, 11) is -3.82. The molecule has 1 aromatic carbocycles. The van der Waals surface area contributed by atoms with Crippen molar-refractivity contribution in [1.29, 1.82) is 0 Å². The molecule has 1 heterocycles. The van der Waals surface area contributed by atoms with Crippen LogP contribution in [-0.4, -0.2) is 14.3 Å². The molecule has 0 aliphatic heterocycles. The van der Waals surface area contributed by atoms with Crippen molar-refractivity contribution in [3.8, 4) is 0 Å².